The smallest absolute Gasteiger partial charge is 0.282 e. The number of halogens is 1. The number of hydrogen-bond acceptors (Lipinski definition) is 6. The number of nitrogens with two attached hydrogens (primary N) is 1. The van der Waals surface area contributed by atoms with Crippen LogP contribution in [0.5, 0.6) is 5.88 Å². The molecule has 3 heterocycles. The minimum Gasteiger partial charge on any atom is -0.476 e. The molecule has 0 aliphatic carbocycles. The van der Waals surface area contributed by atoms with Crippen LogP contribution >= 0.6 is 0 Å². The molecule has 1 aromatic carbocycles. The number of aromatic nitrogens is 1. The van der Waals surface area contributed by atoms with Crippen molar-refractivity contribution < 1.29 is 22.3 Å². The van der Waals surface area contributed by atoms with Gasteiger partial charge in [-0.25, -0.2) is 9.37 Å². The van der Waals surface area contributed by atoms with Crippen LogP contribution in [0.1, 0.15) is 23.5 Å². The summed E-state index contributed by atoms with van der Waals surface area (Å²) in [6, 6.07) is 9.44. The molecule has 2 aromatic rings. The number of benzene rings is 1. The van der Waals surface area contributed by atoms with E-state index in [1.807, 2.05) is 6.07 Å². The fraction of sp³-hybridized carbons (Fsp3) is 0.476. The lowest BCUT2D eigenvalue weighted by molar-refractivity contribution is 0.0693. The molecular formula is C21H27FN4O4S. The van der Waals surface area contributed by atoms with Gasteiger partial charge < -0.3 is 15.2 Å². The van der Waals surface area contributed by atoms with Gasteiger partial charge in [0, 0.05) is 38.4 Å². The number of ether oxygens (including phenoxy) is 2. The van der Waals surface area contributed by atoms with Crippen LogP contribution in [-0.4, -0.2) is 67.5 Å². The maximum absolute atomic E-state index is 13.4. The van der Waals surface area contributed by atoms with Gasteiger partial charge in [0.05, 0.1) is 19.3 Å². The Kier molecular flexibility index (Phi) is 6.83. The van der Waals surface area contributed by atoms with Crippen LogP contribution < -0.4 is 10.5 Å². The van der Waals surface area contributed by atoms with Crippen molar-refractivity contribution in [3.8, 4) is 5.88 Å². The maximum atomic E-state index is 13.4. The minimum atomic E-state index is -3.69. The van der Waals surface area contributed by atoms with Crippen molar-refractivity contribution in [2.45, 2.75) is 24.9 Å². The van der Waals surface area contributed by atoms with E-state index in [-0.39, 0.29) is 24.4 Å². The average molecular weight is 451 g/mol. The molecule has 8 nitrogen and oxygen atoms in total. The van der Waals surface area contributed by atoms with Crippen molar-refractivity contribution in [1.82, 2.24) is 13.6 Å². The Morgan fingerprint density at radius 1 is 1.19 bits per heavy atom. The van der Waals surface area contributed by atoms with E-state index in [0.29, 0.717) is 51.7 Å². The van der Waals surface area contributed by atoms with E-state index in [4.69, 9.17) is 15.2 Å². The molecule has 168 valence electrons. The maximum Gasteiger partial charge on any atom is 0.282 e. The summed E-state index contributed by atoms with van der Waals surface area (Å²) in [5.74, 6) is 0.0514. The summed E-state index contributed by atoms with van der Waals surface area (Å²) in [5, 5.41) is 0. The molecule has 0 amide bonds. The Morgan fingerprint density at radius 3 is 2.65 bits per heavy atom. The summed E-state index contributed by atoms with van der Waals surface area (Å²) in [7, 11) is -3.69. The van der Waals surface area contributed by atoms with Gasteiger partial charge in [-0.3, -0.25) is 0 Å². The molecule has 2 aliphatic rings. The molecule has 2 N–H and O–H groups in total. The lowest BCUT2D eigenvalue weighted by Gasteiger charge is -2.32. The molecule has 2 atom stereocenters. The lowest BCUT2D eigenvalue weighted by Crippen LogP contribution is -2.51. The predicted molar refractivity (Wildman–Crippen MR) is 113 cm³/mol. The second kappa shape index (κ2) is 9.58. The van der Waals surface area contributed by atoms with E-state index >= 15 is 0 Å². The monoisotopic (exact) mass is 450 g/mol. The zero-order chi connectivity index (χ0) is 21.8. The Labute approximate surface area is 181 Å². The fourth-order valence-electron chi connectivity index (χ4n) is 4.06. The Bertz CT molecular complexity index is 983. The van der Waals surface area contributed by atoms with Crippen molar-refractivity contribution in [3.63, 3.8) is 0 Å². The average Bonchev–Trinajstić information content (AvgIpc) is 3.24. The number of pyridine rings is 1. The molecule has 10 heteroatoms. The first-order chi connectivity index (χ1) is 15.0. The predicted octanol–water partition coefficient (Wildman–Crippen LogP) is 1.49. The van der Waals surface area contributed by atoms with Gasteiger partial charge in [-0.15, -0.1) is 0 Å². The molecule has 0 saturated carbocycles. The van der Waals surface area contributed by atoms with E-state index in [1.165, 1.54) is 20.7 Å². The second-order valence-electron chi connectivity index (χ2n) is 7.74. The van der Waals surface area contributed by atoms with E-state index in [9.17, 15) is 12.8 Å². The first kappa shape index (κ1) is 22.1. The topological polar surface area (TPSA) is 98.0 Å². The van der Waals surface area contributed by atoms with Gasteiger partial charge in [0.2, 0.25) is 5.88 Å². The molecule has 2 unspecified atom stereocenters. The zero-order valence-electron chi connectivity index (χ0n) is 17.2. The summed E-state index contributed by atoms with van der Waals surface area (Å²) in [4.78, 5) is 4.20. The molecule has 4 rings (SSSR count). The summed E-state index contributed by atoms with van der Waals surface area (Å²) in [5.41, 5.74) is 7.48. The molecule has 0 bridgehead atoms. The van der Waals surface area contributed by atoms with Crippen molar-refractivity contribution >= 4 is 10.2 Å². The Hall–Kier alpha value is -2.11. The first-order valence-electron chi connectivity index (χ1n) is 10.4. The van der Waals surface area contributed by atoms with E-state index in [0.717, 1.165) is 11.1 Å². The third kappa shape index (κ3) is 5.04. The first-order valence-corrected chi connectivity index (χ1v) is 11.7. The van der Waals surface area contributed by atoms with Gasteiger partial charge in [-0.05, 0) is 41.7 Å². The van der Waals surface area contributed by atoms with Gasteiger partial charge in [0.25, 0.3) is 10.2 Å². The van der Waals surface area contributed by atoms with Crippen LogP contribution in [0.15, 0.2) is 42.6 Å². The summed E-state index contributed by atoms with van der Waals surface area (Å²) in [6.45, 7) is 2.27. The van der Waals surface area contributed by atoms with Gasteiger partial charge >= 0.3 is 0 Å². The molecule has 2 aliphatic heterocycles. The third-order valence-electron chi connectivity index (χ3n) is 5.76. The van der Waals surface area contributed by atoms with Crippen LogP contribution in [0.3, 0.4) is 0 Å². The highest BCUT2D eigenvalue weighted by molar-refractivity contribution is 7.86. The highest BCUT2D eigenvalue weighted by Gasteiger charge is 2.43. The van der Waals surface area contributed by atoms with Crippen LogP contribution in [0.2, 0.25) is 0 Å². The molecule has 2 saturated heterocycles. The van der Waals surface area contributed by atoms with E-state index < -0.39 is 10.2 Å². The van der Waals surface area contributed by atoms with E-state index in [1.54, 1.807) is 24.4 Å². The van der Waals surface area contributed by atoms with Crippen LogP contribution in [0.25, 0.3) is 0 Å². The van der Waals surface area contributed by atoms with Gasteiger partial charge in [-0.2, -0.15) is 17.0 Å². The molecular weight excluding hydrogens is 423 g/mol. The summed E-state index contributed by atoms with van der Waals surface area (Å²) in [6.07, 6.45) is 2.20. The molecule has 31 heavy (non-hydrogen) atoms. The Balaban J connectivity index is 1.55. The van der Waals surface area contributed by atoms with Crippen molar-refractivity contribution in [2.24, 2.45) is 5.73 Å². The number of hydrogen-bond donors (Lipinski definition) is 1. The van der Waals surface area contributed by atoms with Crippen molar-refractivity contribution in [3.05, 3.63) is 59.5 Å². The molecule has 0 radical (unpaired) electrons. The normalized spacial score (nSPS) is 23.2. The van der Waals surface area contributed by atoms with Crippen molar-refractivity contribution in [2.75, 3.05) is 39.5 Å². The summed E-state index contributed by atoms with van der Waals surface area (Å²) >= 11 is 0. The highest BCUT2D eigenvalue weighted by atomic mass is 32.2. The lowest BCUT2D eigenvalue weighted by atomic mass is 9.96. The minimum absolute atomic E-state index is 0.0478. The zero-order valence-corrected chi connectivity index (χ0v) is 18.0. The van der Waals surface area contributed by atoms with Gasteiger partial charge in [0.1, 0.15) is 12.4 Å². The van der Waals surface area contributed by atoms with Crippen molar-refractivity contribution in [1.29, 1.82) is 0 Å². The SMILES string of the molecule is NCc1ccnc(OCC2CC(c3ccc(F)cc3)CN2S(=O)(=O)N2CCOCC2)c1. The van der Waals surface area contributed by atoms with Gasteiger partial charge in [0.15, 0.2) is 0 Å². The standard InChI is InChI=1S/C21H27FN4O4S/c22-19-3-1-17(2-4-19)18-12-20(15-30-21-11-16(13-23)5-6-24-21)26(14-18)31(27,28)25-7-9-29-10-8-25/h1-6,11,18,20H,7-10,12-15,23H2. The highest BCUT2D eigenvalue weighted by Crippen LogP contribution is 2.35. The second-order valence-corrected chi connectivity index (χ2v) is 9.63. The van der Waals surface area contributed by atoms with Crippen LogP contribution in [-0.2, 0) is 21.5 Å². The molecule has 2 fully saturated rings. The van der Waals surface area contributed by atoms with Gasteiger partial charge in [-0.1, -0.05) is 12.1 Å². The quantitative estimate of drug-likeness (QED) is 0.687. The molecule has 0 spiro atoms. The van der Waals surface area contributed by atoms with E-state index in [2.05, 4.69) is 4.98 Å². The van der Waals surface area contributed by atoms with Crippen LogP contribution in [0.4, 0.5) is 4.39 Å². The fourth-order valence-corrected chi connectivity index (χ4v) is 5.86. The van der Waals surface area contributed by atoms with Crippen LogP contribution in [0, 0.1) is 5.82 Å². The summed E-state index contributed by atoms with van der Waals surface area (Å²) < 4.78 is 54.3. The third-order valence-corrected chi connectivity index (χ3v) is 7.81. The Morgan fingerprint density at radius 2 is 1.94 bits per heavy atom. The molecule has 1 aromatic heterocycles. The largest absolute Gasteiger partial charge is 0.476 e. The number of nitrogens with zero attached hydrogens (tertiary/aromatic N) is 3. The number of morpholine rings is 1. The number of rotatable bonds is 7.